The molecule has 9 heteroatoms. The molecule has 1 aliphatic rings. The van der Waals surface area contributed by atoms with Crippen molar-refractivity contribution in [3.63, 3.8) is 0 Å². The van der Waals surface area contributed by atoms with Crippen LogP contribution in [0.25, 0.3) is 6.08 Å². The summed E-state index contributed by atoms with van der Waals surface area (Å²) in [5.74, 6) is 0.0179. The third kappa shape index (κ3) is 4.64. The molecule has 1 aromatic heterocycles. The molecule has 35 heavy (non-hydrogen) atoms. The minimum Gasteiger partial charge on any atom is -0.493 e. The second-order valence-corrected chi connectivity index (χ2v) is 8.68. The van der Waals surface area contributed by atoms with Gasteiger partial charge in [-0.1, -0.05) is 35.6 Å². The molecule has 0 radical (unpaired) electrons. The average molecular weight is 497 g/mol. The Morgan fingerprint density at radius 2 is 1.94 bits per heavy atom. The van der Waals surface area contributed by atoms with Gasteiger partial charge in [0.15, 0.2) is 16.3 Å². The van der Waals surface area contributed by atoms with E-state index >= 15 is 0 Å². The lowest BCUT2D eigenvalue weighted by Gasteiger charge is -2.25. The van der Waals surface area contributed by atoms with Crippen molar-refractivity contribution in [3.05, 3.63) is 90.4 Å². The van der Waals surface area contributed by atoms with Crippen LogP contribution in [0.1, 0.15) is 37.9 Å². The summed E-state index contributed by atoms with van der Waals surface area (Å²) < 4.78 is 32.5. The number of ether oxygens (including phenoxy) is 3. The number of esters is 1. The maximum atomic E-state index is 14.3. The number of hydrogen-bond acceptors (Lipinski definition) is 7. The van der Waals surface area contributed by atoms with Gasteiger partial charge in [-0.15, -0.1) is 0 Å². The van der Waals surface area contributed by atoms with Crippen molar-refractivity contribution >= 4 is 23.4 Å². The number of methoxy groups -OCH3 is 1. The summed E-state index contributed by atoms with van der Waals surface area (Å²) in [5.41, 5.74) is 1.23. The van der Waals surface area contributed by atoms with E-state index in [9.17, 15) is 14.0 Å². The Kier molecular flexibility index (Phi) is 7.16. The van der Waals surface area contributed by atoms with Crippen LogP contribution in [0.2, 0.25) is 0 Å². The normalized spacial score (nSPS) is 15.5. The summed E-state index contributed by atoms with van der Waals surface area (Å²) in [4.78, 5) is 31.5. The van der Waals surface area contributed by atoms with Gasteiger partial charge in [0.2, 0.25) is 0 Å². The standard InChI is InChI=1S/C26H25FN2O5S/c1-5-33-19-12-11-17(13-20(19)32-4)23-22(25(31)34-6-2)15(3)28-26-29(23)24(30)21(35-26)14-16-9-7-8-10-18(16)27/h7-14,23H,5-6H2,1-4H3/b21-14-. The fourth-order valence-electron chi connectivity index (χ4n) is 3.97. The number of aromatic nitrogens is 1. The van der Waals surface area contributed by atoms with Crippen LogP contribution in [0.15, 0.2) is 63.5 Å². The van der Waals surface area contributed by atoms with Gasteiger partial charge in [-0.25, -0.2) is 14.2 Å². The molecule has 2 aromatic carbocycles. The van der Waals surface area contributed by atoms with Gasteiger partial charge in [0.1, 0.15) is 5.82 Å². The van der Waals surface area contributed by atoms with E-state index in [4.69, 9.17) is 14.2 Å². The second-order valence-electron chi connectivity index (χ2n) is 7.67. The van der Waals surface area contributed by atoms with Gasteiger partial charge in [-0.2, -0.15) is 0 Å². The van der Waals surface area contributed by atoms with E-state index in [1.165, 1.54) is 23.8 Å². The number of carbonyl (C=O) groups is 1. The highest BCUT2D eigenvalue weighted by Crippen LogP contribution is 2.36. The lowest BCUT2D eigenvalue weighted by atomic mass is 9.95. The van der Waals surface area contributed by atoms with Crippen molar-refractivity contribution < 1.29 is 23.4 Å². The molecule has 0 saturated heterocycles. The Hall–Kier alpha value is -3.72. The molecular weight excluding hydrogens is 471 g/mol. The molecule has 0 amide bonds. The van der Waals surface area contributed by atoms with E-state index in [2.05, 4.69) is 4.99 Å². The molecule has 0 aliphatic carbocycles. The molecule has 0 fully saturated rings. The number of fused-ring (bicyclic) bond motifs is 1. The molecule has 3 aromatic rings. The Morgan fingerprint density at radius 3 is 2.63 bits per heavy atom. The number of nitrogens with zero attached hydrogens (tertiary/aromatic N) is 2. The minimum atomic E-state index is -0.808. The van der Waals surface area contributed by atoms with Crippen LogP contribution in [0.3, 0.4) is 0 Å². The monoisotopic (exact) mass is 496 g/mol. The second kappa shape index (κ2) is 10.3. The van der Waals surface area contributed by atoms with Crippen molar-refractivity contribution in [1.82, 2.24) is 4.57 Å². The number of hydrogen-bond donors (Lipinski definition) is 0. The average Bonchev–Trinajstić information content (AvgIpc) is 3.14. The zero-order valence-electron chi connectivity index (χ0n) is 19.8. The number of benzene rings is 2. The third-order valence-corrected chi connectivity index (χ3v) is 6.50. The van der Waals surface area contributed by atoms with E-state index in [-0.39, 0.29) is 17.7 Å². The third-order valence-electron chi connectivity index (χ3n) is 5.51. The predicted molar refractivity (Wildman–Crippen MR) is 131 cm³/mol. The zero-order valence-corrected chi connectivity index (χ0v) is 20.6. The molecule has 0 saturated carbocycles. The van der Waals surface area contributed by atoms with Crippen molar-refractivity contribution in [2.75, 3.05) is 20.3 Å². The number of thiazole rings is 1. The van der Waals surface area contributed by atoms with E-state index in [0.717, 1.165) is 11.3 Å². The highest BCUT2D eigenvalue weighted by molar-refractivity contribution is 7.07. The lowest BCUT2D eigenvalue weighted by molar-refractivity contribution is -0.139. The molecule has 1 unspecified atom stereocenters. The van der Waals surface area contributed by atoms with Gasteiger partial charge < -0.3 is 14.2 Å². The van der Waals surface area contributed by atoms with Gasteiger partial charge in [0.05, 0.1) is 42.2 Å². The van der Waals surface area contributed by atoms with Gasteiger partial charge in [0.25, 0.3) is 5.56 Å². The maximum Gasteiger partial charge on any atom is 0.338 e. The molecule has 1 atom stereocenters. The fraction of sp³-hybridized carbons (Fsp3) is 0.269. The van der Waals surface area contributed by atoms with Crippen molar-refractivity contribution in [3.8, 4) is 11.5 Å². The quantitative estimate of drug-likeness (QED) is 0.469. The van der Waals surface area contributed by atoms with Crippen molar-refractivity contribution in [2.24, 2.45) is 4.99 Å². The number of rotatable bonds is 7. The lowest BCUT2D eigenvalue weighted by Crippen LogP contribution is -2.40. The molecule has 0 spiro atoms. The van der Waals surface area contributed by atoms with Gasteiger partial charge in [0, 0.05) is 5.56 Å². The fourth-order valence-corrected chi connectivity index (χ4v) is 5.01. The molecule has 7 nitrogen and oxygen atoms in total. The molecule has 0 N–H and O–H groups in total. The van der Waals surface area contributed by atoms with Gasteiger partial charge in [-0.3, -0.25) is 9.36 Å². The summed E-state index contributed by atoms with van der Waals surface area (Å²) in [5, 5.41) is 0. The molecule has 1 aliphatic heterocycles. The summed E-state index contributed by atoms with van der Waals surface area (Å²) in [6.45, 7) is 5.91. The zero-order chi connectivity index (χ0) is 25.1. The smallest absolute Gasteiger partial charge is 0.338 e. The van der Waals surface area contributed by atoms with Crippen molar-refractivity contribution in [2.45, 2.75) is 26.8 Å². The first-order valence-corrected chi connectivity index (χ1v) is 12.0. The number of carbonyl (C=O) groups excluding carboxylic acids is 1. The van der Waals surface area contributed by atoms with Crippen LogP contribution in [-0.4, -0.2) is 30.9 Å². The first-order chi connectivity index (χ1) is 16.9. The van der Waals surface area contributed by atoms with Crippen LogP contribution in [0, 0.1) is 5.82 Å². The van der Waals surface area contributed by atoms with Crippen LogP contribution in [-0.2, 0) is 9.53 Å². The van der Waals surface area contributed by atoms with Crippen LogP contribution in [0.4, 0.5) is 4.39 Å². The van der Waals surface area contributed by atoms with E-state index in [1.54, 1.807) is 50.2 Å². The summed E-state index contributed by atoms with van der Waals surface area (Å²) >= 11 is 1.14. The highest BCUT2D eigenvalue weighted by Gasteiger charge is 2.34. The number of halogens is 1. The Balaban J connectivity index is 1.97. The largest absolute Gasteiger partial charge is 0.493 e. The van der Waals surface area contributed by atoms with E-state index in [1.807, 2.05) is 6.92 Å². The number of allylic oxidation sites excluding steroid dienone is 1. The summed E-state index contributed by atoms with van der Waals surface area (Å²) in [7, 11) is 1.52. The van der Waals surface area contributed by atoms with Crippen LogP contribution >= 0.6 is 11.3 Å². The van der Waals surface area contributed by atoms with E-state index in [0.29, 0.717) is 44.3 Å². The summed E-state index contributed by atoms with van der Waals surface area (Å²) in [6.07, 6.45) is 1.50. The first kappa shape index (κ1) is 24.4. The topological polar surface area (TPSA) is 79.1 Å². The SMILES string of the molecule is CCOC(=O)C1=C(C)N=c2s/c(=C\c3ccccc3F)c(=O)n2C1c1ccc(OCC)c(OC)c1. The maximum absolute atomic E-state index is 14.3. The molecule has 0 bridgehead atoms. The highest BCUT2D eigenvalue weighted by atomic mass is 32.1. The minimum absolute atomic E-state index is 0.173. The molecule has 182 valence electrons. The first-order valence-electron chi connectivity index (χ1n) is 11.1. The molecular formula is C26H25FN2O5S. The predicted octanol–water partition coefficient (Wildman–Crippen LogP) is 3.34. The van der Waals surface area contributed by atoms with Gasteiger partial charge >= 0.3 is 5.97 Å². The van der Waals surface area contributed by atoms with Crippen LogP contribution in [0.5, 0.6) is 11.5 Å². The van der Waals surface area contributed by atoms with E-state index < -0.39 is 17.8 Å². The van der Waals surface area contributed by atoms with Gasteiger partial charge in [-0.05, 0) is 50.6 Å². The Morgan fingerprint density at radius 1 is 1.17 bits per heavy atom. The molecule has 2 heterocycles. The van der Waals surface area contributed by atoms with Crippen LogP contribution < -0.4 is 24.4 Å². The Labute approximate surface area is 205 Å². The molecule has 4 rings (SSSR count). The van der Waals surface area contributed by atoms with Crippen molar-refractivity contribution in [1.29, 1.82) is 0 Å². The Bertz CT molecular complexity index is 1490. The summed E-state index contributed by atoms with van der Waals surface area (Å²) in [6, 6.07) is 10.7.